The molecule has 1 N–H and O–H groups in total. The summed E-state index contributed by atoms with van der Waals surface area (Å²) in [6.45, 7) is 3.46. The lowest BCUT2D eigenvalue weighted by atomic mass is 10.2. The van der Waals surface area contributed by atoms with Crippen molar-refractivity contribution in [2.75, 3.05) is 20.8 Å². The number of carbonyl (C=O) groups excluding carboxylic acids is 1. The van der Waals surface area contributed by atoms with Gasteiger partial charge in [0.05, 0.1) is 25.3 Å². The first-order chi connectivity index (χ1) is 12.9. The van der Waals surface area contributed by atoms with Crippen LogP contribution in [0, 0.1) is 0 Å². The van der Waals surface area contributed by atoms with Crippen LogP contribution in [0.15, 0.2) is 30.9 Å². The zero-order valence-corrected chi connectivity index (χ0v) is 14.9. The van der Waals surface area contributed by atoms with E-state index in [0.29, 0.717) is 17.3 Å². The predicted octanol–water partition coefficient (Wildman–Crippen LogP) is 2.20. The maximum Gasteiger partial charge on any atom is 0.323 e. The molecule has 0 saturated carbocycles. The summed E-state index contributed by atoms with van der Waals surface area (Å²) >= 11 is 0. The fraction of sp³-hybridized carbons (Fsp3) is 0.389. The smallest absolute Gasteiger partial charge is 0.323 e. The molecule has 2 aromatic rings. The van der Waals surface area contributed by atoms with E-state index in [2.05, 4.69) is 26.6 Å². The summed E-state index contributed by atoms with van der Waals surface area (Å²) in [5.74, 6) is -3.66. The van der Waals surface area contributed by atoms with Gasteiger partial charge in [0.1, 0.15) is 17.9 Å². The molecule has 0 spiro atoms. The maximum atomic E-state index is 14.3. The average Bonchev–Trinajstić information content (AvgIpc) is 3.14. The fourth-order valence-electron chi connectivity index (χ4n) is 2.81. The summed E-state index contributed by atoms with van der Waals surface area (Å²) < 4.78 is 44.2. The number of hydrogen-bond acceptors (Lipinski definition) is 7. The number of esters is 1. The Morgan fingerprint density at radius 2 is 2.11 bits per heavy atom. The standard InChI is InChI=1S/C18H19F2N3O4/c1-4-18(19,20)15-16(27-11-8-14(21-9-11)17(24)26-3)23-13-7-10(25-2)5-6-12(13)22-15/h4-7,11,14,21H,1,8-9H2,2-3H3. The van der Waals surface area contributed by atoms with Crippen molar-refractivity contribution in [1.29, 1.82) is 0 Å². The Bertz CT molecular complexity index is 875. The van der Waals surface area contributed by atoms with E-state index in [0.717, 1.165) is 0 Å². The highest BCUT2D eigenvalue weighted by atomic mass is 19.3. The van der Waals surface area contributed by atoms with Crippen LogP contribution in [0.4, 0.5) is 8.78 Å². The number of alkyl halides is 2. The number of hydrogen-bond donors (Lipinski definition) is 1. The first-order valence-corrected chi connectivity index (χ1v) is 8.23. The van der Waals surface area contributed by atoms with Gasteiger partial charge in [-0.05, 0) is 18.2 Å². The Morgan fingerprint density at radius 3 is 2.78 bits per heavy atom. The molecule has 144 valence electrons. The van der Waals surface area contributed by atoms with Crippen molar-refractivity contribution in [2.45, 2.75) is 24.5 Å². The van der Waals surface area contributed by atoms with Crippen molar-refractivity contribution in [3.8, 4) is 11.6 Å². The SMILES string of the molecule is C=CC(F)(F)c1nc2ccc(OC)cc2nc1OC1CNC(C(=O)OC)C1. The molecule has 1 aliphatic heterocycles. The highest BCUT2D eigenvalue weighted by Crippen LogP contribution is 2.36. The highest BCUT2D eigenvalue weighted by molar-refractivity contribution is 5.77. The second-order valence-corrected chi connectivity index (χ2v) is 6.02. The molecule has 2 atom stereocenters. The van der Waals surface area contributed by atoms with E-state index in [1.54, 1.807) is 12.1 Å². The van der Waals surface area contributed by atoms with E-state index in [1.165, 1.54) is 20.3 Å². The van der Waals surface area contributed by atoms with Gasteiger partial charge in [-0.25, -0.2) is 9.97 Å². The monoisotopic (exact) mass is 379 g/mol. The van der Waals surface area contributed by atoms with Crippen LogP contribution in [0.3, 0.4) is 0 Å². The fourth-order valence-corrected chi connectivity index (χ4v) is 2.81. The van der Waals surface area contributed by atoms with Crippen molar-refractivity contribution in [3.05, 3.63) is 36.5 Å². The second-order valence-electron chi connectivity index (χ2n) is 6.02. The maximum absolute atomic E-state index is 14.3. The minimum Gasteiger partial charge on any atom is -0.497 e. The lowest BCUT2D eigenvalue weighted by Gasteiger charge is -2.19. The molecule has 1 fully saturated rings. The number of nitrogens with one attached hydrogen (secondary N) is 1. The lowest BCUT2D eigenvalue weighted by molar-refractivity contribution is -0.142. The average molecular weight is 379 g/mol. The van der Waals surface area contributed by atoms with Crippen LogP contribution < -0.4 is 14.8 Å². The van der Waals surface area contributed by atoms with Crippen LogP contribution in [0.1, 0.15) is 12.1 Å². The quantitative estimate of drug-likeness (QED) is 0.609. The number of rotatable bonds is 6. The van der Waals surface area contributed by atoms with E-state index in [1.807, 2.05) is 0 Å². The van der Waals surface area contributed by atoms with Crippen LogP contribution in [0.25, 0.3) is 11.0 Å². The topological polar surface area (TPSA) is 82.6 Å². The number of ether oxygens (including phenoxy) is 3. The van der Waals surface area contributed by atoms with E-state index >= 15 is 0 Å². The molecule has 0 bridgehead atoms. The molecule has 1 aromatic heterocycles. The number of halogens is 2. The zero-order valence-electron chi connectivity index (χ0n) is 14.9. The van der Waals surface area contributed by atoms with Gasteiger partial charge in [0.15, 0.2) is 5.69 Å². The predicted molar refractivity (Wildman–Crippen MR) is 93.0 cm³/mol. The van der Waals surface area contributed by atoms with E-state index in [4.69, 9.17) is 9.47 Å². The Morgan fingerprint density at radius 1 is 1.33 bits per heavy atom. The number of allylic oxidation sites excluding steroid dienone is 1. The highest BCUT2D eigenvalue weighted by Gasteiger charge is 2.37. The first-order valence-electron chi connectivity index (χ1n) is 8.23. The first kappa shape index (κ1) is 19.0. The van der Waals surface area contributed by atoms with Gasteiger partial charge in [-0.1, -0.05) is 6.58 Å². The Hall–Kier alpha value is -2.81. The zero-order chi connectivity index (χ0) is 19.6. The summed E-state index contributed by atoms with van der Waals surface area (Å²) in [7, 11) is 2.77. The minimum atomic E-state index is -3.43. The third-order valence-corrected chi connectivity index (χ3v) is 4.27. The van der Waals surface area contributed by atoms with Gasteiger partial charge in [-0.3, -0.25) is 4.79 Å². The summed E-state index contributed by atoms with van der Waals surface area (Å²) in [6.07, 6.45) is 0.221. The summed E-state index contributed by atoms with van der Waals surface area (Å²) in [4.78, 5) is 19.9. The molecule has 0 aliphatic carbocycles. The molecule has 2 heterocycles. The summed E-state index contributed by atoms with van der Waals surface area (Å²) in [5, 5.41) is 2.93. The van der Waals surface area contributed by atoms with Gasteiger partial charge >= 0.3 is 11.9 Å². The Kier molecular flexibility index (Phi) is 5.22. The number of nitrogens with zero attached hydrogens (tertiary/aromatic N) is 2. The normalized spacial score (nSPS) is 19.7. The molecular formula is C18H19F2N3O4. The molecule has 27 heavy (non-hydrogen) atoms. The minimum absolute atomic E-state index is 0.267. The Labute approximate surface area is 154 Å². The second kappa shape index (κ2) is 7.43. The number of carbonyl (C=O) groups is 1. The van der Waals surface area contributed by atoms with E-state index in [-0.39, 0.29) is 24.4 Å². The third kappa shape index (κ3) is 3.82. The largest absolute Gasteiger partial charge is 0.497 e. The molecule has 1 saturated heterocycles. The number of aromatic nitrogens is 2. The van der Waals surface area contributed by atoms with Crippen molar-refractivity contribution < 1.29 is 27.8 Å². The lowest BCUT2D eigenvalue weighted by Crippen LogP contribution is -2.31. The molecule has 9 heteroatoms. The molecule has 1 aromatic carbocycles. The molecular weight excluding hydrogens is 360 g/mol. The number of fused-ring (bicyclic) bond motifs is 1. The summed E-state index contributed by atoms with van der Waals surface area (Å²) in [5.41, 5.74) is -0.00298. The van der Waals surface area contributed by atoms with Crippen LogP contribution in [0.2, 0.25) is 0 Å². The van der Waals surface area contributed by atoms with Crippen LogP contribution in [-0.4, -0.2) is 48.8 Å². The molecule has 2 unspecified atom stereocenters. The van der Waals surface area contributed by atoms with Gasteiger partial charge in [0, 0.05) is 19.0 Å². The van der Waals surface area contributed by atoms with Crippen LogP contribution in [-0.2, 0) is 15.5 Å². The number of methoxy groups -OCH3 is 2. The number of benzene rings is 1. The van der Waals surface area contributed by atoms with E-state index < -0.39 is 29.7 Å². The van der Waals surface area contributed by atoms with Crippen molar-refractivity contribution >= 4 is 17.0 Å². The molecule has 0 amide bonds. The molecule has 7 nitrogen and oxygen atoms in total. The van der Waals surface area contributed by atoms with Crippen molar-refractivity contribution in [1.82, 2.24) is 15.3 Å². The van der Waals surface area contributed by atoms with Gasteiger partial charge in [-0.15, -0.1) is 0 Å². The van der Waals surface area contributed by atoms with E-state index in [9.17, 15) is 13.6 Å². The molecule has 1 aliphatic rings. The van der Waals surface area contributed by atoms with Gasteiger partial charge in [0.2, 0.25) is 5.88 Å². The van der Waals surface area contributed by atoms with Gasteiger partial charge in [-0.2, -0.15) is 8.78 Å². The third-order valence-electron chi connectivity index (χ3n) is 4.27. The molecule has 0 radical (unpaired) electrons. The summed E-state index contributed by atoms with van der Waals surface area (Å²) in [6, 6.07) is 4.17. The Balaban J connectivity index is 1.97. The van der Waals surface area contributed by atoms with Crippen LogP contribution in [0.5, 0.6) is 11.6 Å². The van der Waals surface area contributed by atoms with Gasteiger partial charge < -0.3 is 19.5 Å². The van der Waals surface area contributed by atoms with Crippen molar-refractivity contribution in [3.63, 3.8) is 0 Å². The van der Waals surface area contributed by atoms with Crippen LogP contribution >= 0.6 is 0 Å². The van der Waals surface area contributed by atoms with Gasteiger partial charge in [0.25, 0.3) is 0 Å². The molecule has 3 rings (SSSR count). The van der Waals surface area contributed by atoms with Crippen molar-refractivity contribution in [2.24, 2.45) is 0 Å².